The molecule has 0 saturated heterocycles. The highest BCUT2D eigenvalue weighted by Crippen LogP contribution is 2.17. The lowest BCUT2D eigenvalue weighted by Crippen LogP contribution is -2.46. The molecule has 14 heavy (non-hydrogen) atoms. The van der Waals surface area contributed by atoms with Crippen LogP contribution in [0, 0.1) is 0 Å². The Bertz CT molecular complexity index is 248. The predicted molar refractivity (Wildman–Crippen MR) is 55.8 cm³/mol. The van der Waals surface area contributed by atoms with E-state index in [1.54, 1.807) is 11.0 Å². The van der Waals surface area contributed by atoms with Gasteiger partial charge < -0.3 is 10.0 Å². The largest absolute Gasteiger partial charge is 0.391 e. The minimum Gasteiger partial charge on any atom is -0.391 e. The van der Waals surface area contributed by atoms with Crippen LogP contribution in [-0.2, 0) is 4.79 Å². The van der Waals surface area contributed by atoms with Gasteiger partial charge in [-0.3, -0.25) is 4.79 Å². The van der Waals surface area contributed by atoms with E-state index < -0.39 is 6.10 Å². The van der Waals surface area contributed by atoms with Crippen LogP contribution in [0.2, 0.25) is 0 Å². The number of aliphatic hydroxyl groups is 1. The van der Waals surface area contributed by atoms with Gasteiger partial charge in [0.2, 0.25) is 5.91 Å². The summed E-state index contributed by atoms with van der Waals surface area (Å²) < 4.78 is 0. The first-order chi connectivity index (χ1) is 6.66. The first kappa shape index (κ1) is 11.0. The summed E-state index contributed by atoms with van der Waals surface area (Å²) >= 11 is 0. The predicted octanol–water partition coefficient (Wildman–Crippen LogP) is 1.10. The molecule has 1 rings (SSSR count). The molecule has 1 N–H and O–H groups in total. The van der Waals surface area contributed by atoms with Crippen molar-refractivity contribution in [3.05, 3.63) is 24.8 Å². The zero-order valence-corrected chi connectivity index (χ0v) is 8.52. The first-order valence-corrected chi connectivity index (χ1v) is 4.89. The Kier molecular flexibility index (Phi) is 3.89. The van der Waals surface area contributed by atoms with Crippen molar-refractivity contribution in [2.24, 2.45) is 0 Å². The highest BCUT2D eigenvalue weighted by molar-refractivity contribution is 5.74. The molecule has 78 valence electrons. The normalized spacial score (nSPS) is 25.9. The number of hydrogen-bond acceptors (Lipinski definition) is 2. The third-order valence-electron chi connectivity index (χ3n) is 2.45. The van der Waals surface area contributed by atoms with E-state index in [1.165, 1.54) is 6.92 Å². The lowest BCUT2D eigenvalue weighted by molar-refractivity contribution is -0.131. The average Bonchev–Trinajstić information content (AvgIpc) is 2.15. The van der Waals surface area contributed by atoms with Gasteiger partial charge in [-0.2, -0.15) is 0 Å². The second kappa shape index (κ2) is 4.96. The molecule has 3 heteroatoms. The van der Waals surface area contributed by atoms with Crippen LogP contribution in [0.15, 0.2) is 24.8 Å². The zero-order valence-electron chi connectivity index (χ0n) is 8.52. The highest BCUT2D eigenvalue weighted by atomic mass is 16.3. The van der Waals surface area contributed by atoms with Crippen molar-refractivity contribution in [2.45, 2.75) is 31.9 Å². The Morgan fingerprint density at radius 1 is 1.79 bits per heavy atom. The Balaban J connectivity index is 2.74. The van der Waals surface area contributed by atoms with E-state index in [9.17, 15) is 9.90 Å². The molecule has 0 radical (unpaired) electrons. The number of carbonyl (C=O) groups excluding carboxylic acids is 1. The number of carbonyl (C=O) groups is 1. The number of aliphatic hydroxyl groups excluding tert-OH is 1. The van der Waals surface area contributed by atoms with Crippen molar-refractivity contribution in [3.63, 3.8) is 0 Å². The number of amides is 1. The van der Waals surface area contributed by atoms with Gasteiger partial charge in [-0.25, -0.2) is 0 Å². The third kappa shape index (κ3) is 2.45. The molecule has 1 aliphatic rings. The summed E-state index contributed by atoms with van der Waals surface area (Å²) in [5, 5.41) is 9.74. The van der Waals surface area contributed by atoms with Crippen LogP contribution < -0.4 is 0 Å². The summed E-state index contributed by atoms with van der Waals surface area (Å²) in [4.78, 5) is 12.9. The average molecular weight is 195 g/mol. The van der Waals surface area contributed by atoms with E-state index in [2.05, 4.69) is 6.58 Å². The Morgan fingerprint density at radius 3 is 3.00 bits per heavy atom. The number of nitrogens with zero attached hydrogens (tertiary/aromatic N) is 1. The third-order valence-corrected chi connectivity index (χ3v) is 2.45. The second-order valence-electron chi connectivity index (χ2n) is 3.52. The van der Waals surface area contributed by atoms with Crippen molar-refractivity contribution in [1.82, 2.24) is 4.90 Å². The van der Waals surface area contributed by atoms with E-state index in [0.29, 0.717) is 6.54 Å². The summed E-state index contributed by atoms with van der Waals surface area (Å²) in [5.41, 5.74) is 0. The lowest BCUT2D eigenvalue weighted by Gasteiger charge is -2.33. The van der Waals surface area contributed by atoms with Gasteiger partial charge in [-0.15, -0.1) is 6.58 Å². The Labute approximate surface area is 84.7 Å². The first-order valence-electron chi connectivity index (χ1n) is 4.89. The molecule has 0 aromatic carbocycles. The summed E-state index contributed by atoms with van der Waals surface area (Å²) in [6.07, 6.45) is 6.76. The quantitative estimate of drug-likeness (QED) is 0.685. The summed E-state index contributed by atoms with van der Waals surface area (Å²) in [7, 11) is 0. The molecule has 3 nitrogen and oxygen atoms in total. The van der Waals surface area contributed by atoms with Gasteiger partial charge in [-0.05, 0) is 12.8 Å². The Hall–Kier alpha value is -1.09. The fraction of sp³-hybridized carbons (Fsp3) is 0.545. The molecule has 0 aromatic rings. The van der Waals surface area contributed by atoms with E-state index in [1.807, 2.05) is 12.2 Å². The molecule has 1 aliphatic carbocycles. The lowest BCUT2D eigenvalue weighted by atomic mass is 9.98. The van der Waals surface area contributed by atoms with Gasteiger partial charge in [0.15, 0.2) is 0 Å². The zero-order chi connectivity index (χ0) is 10.6. The molecule has 0 unspecified atom stereocenters. The molecule has 0 fully saturated rings. The second-order valence-corrected chi connectivity index (χ2v) is 3.52. The van der Waals surface area contributed by atoms with Gasteiger partial charge in [0.25, 0.3) is 0 Å². The molecule has 0 aromatic heterocycles. The molecular formula is C11H17NO2. The monoisotopic (exact) mass is 195 g/mol. The van der Waals surface area contributed by atoms with Crippen molar-refractivity contribution in [2.75, 3.05) is 6.54 Å². The number of hydrogen-bond donors (Lipinski definition) is 1. The summed E-state index contributed by atoms with van der Waals surface area (Å²) in [6, 6.07) is -0.181. The van der Waals surface area contributed by atoms with Gasteiger partial charge in [0, 0.05) is 13.5 Å². The number of rotatable bonds is 3. The Morgan fingerprint density at radius 2 is 2.50 bits per heavy atom. The van der Waals surface area contributed by atoms with E-state index in [4.69, 9.17) is 0 Å². The fourth-order valence-corrected chi connectivity index (χ4v) is 1.71. The molecule has 0 heterocycles. The maximum absolute atomic E-state index is 11.3. The summed E-state index contributed by atoms with van der Waals surface area (Å²) in [5.74, 6) is -0.0273. The SMILES string of the molecule is C=CCN(C(C)=O)[C@@H]1C=CCC[C@@H]1O. The van der Waals surface area contributed by atoms with Crippen LogP contribution in [0.5, 0.6) is 0 Å². The minimum atomic E-state index is -0.441. The molecule has 1 amide bonds. The van der Waals surface area contributed by atoms with E-state index >= 15 is 0 Å². The fourth-order valence-electron chi connectivity index (χ4n) is 1.71. The molecule has 0 saturated carbocycles. The van der Waals surface area contributed by atoms with E-state index in [0.717, 1.165) is 12.8 Å². The minimum absolute atomic E-state index is 0.0273. The molecule has 0 bridgehead atoms. The maximum Gasteiger partial charge on any atom is 0.220 e. The van der Waals surface area contributed by atoms with Crippen LogP contribution in [0.3, 0.4) is 0 Å². The standard InChI is InChI=1S/C11H17NO2/c1-3-8-12(9(2)13)10-6-4-5-7-11(10)14/h3-4,6,10-11,14H,1,5,7-8H2,2H3/t10-,11+/m1/s1. The van der Waals surface area contributed by atoms with Crippen molar-refractivity contribution < 1.29 is 9.90 Å². The molecule has 2 atom stereocenters. The van der Waals surface area contributed by atoms with Crippen molar-refractivity contribution in [1.29, 1.82) is 0 Å². The van der Waals surface area contributed by atoms with Gasteiger partial charge in [0.05, 0.1) is 12.1 Å². The smallest absolute Gasteiger partial charge is 0.220 e. The summed E-state index contributed by atoms with van der Waals surface area (Å²) in [6.45, 7) is 5.60. The number of allylic oxidation sites excluding steroid dienone is 1. The maximum atomic E-state index is 11.3. The molecule has 0 spiro atoms. The molecular weight excluding hydrogens is 178 g/mol. The molecule has 0 aliphatic heterocycles. The van der Waals surface area contributed by atoms with Crippen LogP contribution in [-0.4, -0.2) is 34.6 Å². The van der Waals surface area contributed by atoms with Crippen LogP contribution in [0.25, 0.3) is 0 Å². The van der Waals surface area contributed by atoms with Crippen LogP contribution in [0.4, 0.5) is 0 Å². The van der Waals surface area contributed by atoms with E-state index in [-0.39, 0.29) is 11.9 Å². The highest BCUT2D eigenvalue weighted by Gasteiger charge is 2.26. The van der Waals surface area contributed by atoms with Gasteiger partial charge in [0.1, 0.15) is 0 Å². The topological polar surface area (TPSA) is 40.5 Å². The van der Waals surface area contributed by atoms with Crippen LogP contribution in [0.1, 0.15) is 19.8 Å². The van der Waals surface area contributed by atoms with Gasteiger partial charge >= 0.3 is 0 Å². The van der Waals surface area contributed by atoms with Crippen molar-refractivity contribution in [3.8, 4) is 0 Å². The van der Waals surface area contributed by atoms with Gasteiger partial charge in [-0.1, -0.05) is 18.2 Å². The van der Waals surface area contributed by atoms with Crippen LogP contribution >= 0.6 is 0 Å². The van der Waals surface area contributed by atoms with Crippen molar-refractivity contribution >= 4 is 5.91 Å².